The van der Waals surface area contributed by atoms with Gasteiger partial charge in [-0.2, -0.15) is 0 Å². The number of sulfonamides is 1. The molecule has 6 nitrogen and oxygen atoms in total. The maximum Gasteiger partial charge on any atom is 0.240 e. The van der Waals surface area contributed by atoms with Gasteiger partial charge in [0.1, 0.15) is 0 Å². The van der Waals surface area contributed by atoms with Crippen LogP contribution in [0.3, 0.4) is 0 Å². The number of carbonyl (C=O) groups excluding carboxylic acids is 1. The Labute approximate surface area is 119 Å². The lowest BCUT2D eigenvalue weighted by Crippen LogP contribution is -2.25. The van der Waals surface area contributed by atoms with Crippen LogP contribution in [0.1, 0.15) is 18.4 Å². The minimum Gasteiger partial charge on any atom is -0.396 e. The molecule has 0 radical (unpaired) electrons. The van der Waals surface area contributed by atoms with Gasteiger partial charge in [-0.1, -0.05) is 12.1 Å². The molecule has 0 spiro atoms. The van der Waals surface area contributed by atoms with Gasteiger partial charge in [-0.25, -0.2) is 13.1 Å². The molecule has 0 saturated carbocycles. The highest BCUT2D eigenvalue weighted by Gasteiger charge is 2.10. The Morgan fingerprint density at radius 3 is 2.45 bits per heavy atom. The quantitative estimate of drug-likeness (QED) is 0.590. The third-order valence-electron chi connectivity index (χ3n) is 2.80. The molecule has 0 heterocycles. The molecule has 1 aromatic carbocycles. The molecule has 1 rings (SSSR count). The highest BCUT2D eigenvalue weighted by Crippen LogP contribution is 2.11. The molecule has 0 unspecified atom stereocenters. The number of carbonyl (C=O) groups is 1. The fourth-order valence-corrected chi connectivity index (χ4v) is 2.34. The van der Waals surface area contributed by atoms with E-state index in [0.29, 0.717) is 25.8 Å². The molecule has 0 atom stereocenters. The summed E-state index contributed by atoms with van der Waals surface area (Å²) in [4.78, 5) is 11.7. The molecule has 0 aliphatic heterocycles. The molecule has 0 aromatic heterocycles. The number of aryl methyl sites for hydroxylation is 1. The van der Waals surface area contributed by atoms with Crippen molar-refractivity contribution in [3.05, 3.63) is 29.8 Å². The van der Waals surface area contributed by atoms with Crippen molar-refractivity contribution < 1.29 is 18.3 Å². The Hall–Kier alpha value is -1.44. The summed E-state index contributed by atoms with van der Waals surface area (Å²) in [6.07, 6.45) is 1.43. The maximum atomic E-state index is 11.5. The van der Waals surface area contributed by atoms with Crippen molar-refractivity contribution in [2.45, 2.75) is 24.2 Å². The van der Waals surface area contributed by atoms with Crippen LogP contribution in [0.15, 0.2) is 29.2 Å². The number of rotatable bonds is 8. The molecule has 1 aromatic rings. The zero-order valence-electron chi connectivity index (χ0n) is 11.4. The molecule has 0 bridgehead atoms. The van der Waals surface area contributed by atoms with Crippen molar-refractivity contribution in [2.75, 3.05) is 20.2 Å². The SMILES string of the molecule is CNS(=O)(=O)c1ccc(CCC(=O)NCCCO)cc1. The monoisotopic (exact) mass is 300 g/mol. The fraction of sp³-hybridized carbons (Fsp3) is 0.462. The molecular formula is C13H20N2O4S. The van der Waals surface area contributed by atoms with Crippen LogP contribution < -0.4 is 10.0 Å². The smallest absolute Gasteiger partial charge is 0.240 e. The lowest BCUT2D eigenvalue weighted by atomic mass is 10.1. The van der Waals surface area contributed by atoms with Crippen molar-refractivity contribution >= 4 is 15.9 Å². The summed E-state index contributed by atoms with van der Waals surface area (Å²) in [5.41, 5.74) is 0.900. The standard InChI is InChI=1S/C13H20N2O4S/c1-14-20(18,19)12-6-3-11(4-7-12)5-8-13(17)15-9-2-10-16/h3-4,6-7,14,16H,2,5,8-10H2,1H3,(H,15,17). The summed E-state index contributed by atoms with van der Waals surface area (Å²) in [6, 6.07) is 6.44. The Morgan fingerprint density at radius 1 is 1.25 bits per heavy atom. The maximum absolute atomic E-state index is 11.5. The van der Waals surface area contributed by atoms with Crippen LogP contribution in [0.4, 0.5) is 0 Å². The van der Waals surface area contributed by atoms with E-state index in [-0.39, 0.29) is 17.4 Å². The number of nitrogens with one attached hydrogen (secondary N) is 2. The van der Waals surface area contributed by atoms with Crippen LogP contribution in [0.5, 0.6) is 0 Å². The molecule has 0 saturated heterocycles. The molecular weight excluding hydrogens is 280 g/mol. The van der Waals surface area contributed by atoms with Gasteiger partial charge in [0.25, 0.3) is 0 Å². The lowest BCUT2D eigenvalue weighted by molar-refractivity contribution is -0.121. The van der Waals surface area contributed by atoms with Crippen molar-refractivity contribution in [3.63, 3.8) is 0 Å². The summed E-state index contributed by atoms with van der Waals surface area (Å²) >= 11 is 0. The number of aliphatic hydroxyl groups excluding tert-OH is 1. The summed E-state index contributed by atoms with van der Waals surface area (Å²) in [7, 11) is -2.05. The Balaban J connectivity index is 2.48. The first-order valence-corrected chi connectivity index (χ1v) is 7.88. The van der Waals surface area contributed by atoms with Crippen molar-refractivity contribution in [1.29, 1.82) is 0 Å². The first-order chi connectivity index (χ1) is 9.49. The summed E-state index contributed by atoms with van der Waals surface area (Å²) < 4.78 is 25.3. The molecule has 0 aliphatic carbocycles. The van der Waals surface area contributed by atoms with E-state index in [9.17, 15) is 13.2 Å². The van der Waals surface area contributed by atoms with E-state index < -0.39 is 10.0 Å². The minimum atomic E-state index is -3.41. The average Bonchev–Trinajstić information content (AvgIpc) is 2.46. The van der Waals surface area contributed by atoms with E-state index in [1.807, 2.05) is 0 Å². The number of amides is 1. The highest BCUT2D eigenvalue weighted by molar-refractivity contribution is 7.89. The van der Waals surface area contributed by atoms with E-state index in [1.54, 1.807) is 12.1 Å². The number of aliphatic hydroxyl groups is 1. The van der Waals surface area contributed by atoms with Crippen molar-refractivity contribution in [3.8, 4) is 0 Å². The van der Waals surface area contributed by atoms with Crippen LogP contribution in [0.2, 0.25) is 0 Å². The van der Waals surface area contributed by atoms with Gasteiger partial charge in [-0.3, -0.25) is 4.79 Å². The topological polar surface area (TPSA) is 95.5 Å². The van der Waals surface area contributed by atoms with Gasteiger partial charge in [-0.15, -0.1) is 0 Å². The van der Waals surface area contributed by atoms with Gasteiger partial charge in [0.05, 0.1) is 4.90 Å². The summed E-state index contributed by atoms with van der Waals surface area (Å²) in [5, 5.41) is 11.3. The molecule has 0 aliphatic rings. The Morgan fingerprint density at radius 2 is 1.90 bits per heavy atom. The fourth-order valence-electron chi connectivity index (χ4n) is 1.61. The van der Waals surface area contributed by atoms with Gasteiger partial charge < -0.3 is 10.4 Å². The van der Waals surface area contributed by atoms with Gasteiger partial charge in [-0.05, 0) is 37.6 Å². The summed E-state index contributed by atoms with van der Waals surface area (Å²) in [5.74, 6) is -0.0784. The number of hydrogen-bond donors (Lipinski definition) is 3. The van der Waals surface area contributed by atoms with E-state index in [4.69, 9.17) is 5.11 Å². The Bertz CT molecular complexity index is 526. The van der Waals surface area contributed by atoms with Gasteiger partial charge in [0.2, 0.25) is 15.9 Å². The summed E-state index contributed by atoms with van der Waals surface area (Å²) in [6.45, 7) is 0.524. The third kappa shape index (κ3) is 5.28. The van der Waals surface area contributed by atoms with Crippen molar-refractivity contribution in [2.24, 2.45) is 0 Å². The second kappa shape index (κ2) is 7.98. The van der Waals surface area contributed by atoms with Crippen LogP contribution >= 0.6 is 0 Å². The van der Waals surface area contributed by atoms with Crippen molar-refractivity contribution in [1.82, 2.24) is 10.0 Å². The first kappa shape index (κ1) is 16.6. The predicted octanol–water partition coefficient (Wildman–Crippen LogP) is 0.0259. The minimum absolute atomic E-state index is 0.0572. The van der Waals surface area contributed by atoms with Gasteiger partial charge >= 0.3 is 0 Å². The molecule has 1 amide bonds. The molecule has 20 heavy (non-hydrogen) atoms. The largest absolute Gasteiger partial charge is 0.396 e. The zero-order chi connectivity index (χ0) is 15.0. The van der Waals surface area contributed by atoms with E-state index in [2.05, 4.69) is 10.0 Å². The number of benzene rings is 1. The predicted molar refractivity (Wildman–Crippen MR) is 75.7 cm³/mol. The third-order valence-corrected chi connectivity index (χ3v) is 4.23. The van der Waals surface area contributed by atoms with Gasteiger partial charge in [0.15, 0.2) is 0 Å². The second-order valence-electron chi connectivity index (χ2n) is 4.28. The van der Waals surface area contributed by atoms with Crippen LogP contribution in [-0.4, -0.2) is 39.6 Å². The lowest BCUT2D eigenvalue weighted by Gasteiger charge is -2.06. The van der Waals surface area contributed by atoms with Crippen LogP contribution in [-0.2, 0) is 21.2 Å². The molecule has 112 valence electrons. The van der Waals surface area contributed by atoms with E-state index in [0.717, 1.165) is 5.56 Å². The van der Waals surface area contributed by atoms with E-state index >= 15 is 0 Å². The Kier molecular flexibility index (Phi) is 6.63. The molecule has 0 fully saturated rings. The second-order valence-corrected chi connectivity index (χ2v) is 6.17. The van der Waals surface area contributed by atoms with Crippen LogP contribution in [0.25, 0.3) is 0 Å². The van der Waals surface area contributed by atoms with E-state index in [1.165, 1.54) is 19.2 Å². The molecule has 3 N–H and O–H groups in total. The normalized spacial score (nSPS) is 11.3. The highest BCUT2D eigenvalue weighted by atomic mass is 32.2. The van der Waals surface area contributed by atoms with Crippen LogP contribution in [0, 0.1) is 0 Å². The molecule has 7 heteroatoms. The van der Waals surface area contributed by atoms with Gasteiger partial charge in [0, 0.05) is 19.6 Å². The average molecular weight is 300 g/mol. The zero-order valence-corrected chi connectivity index (χ0v) is 12.2. The number of hydrogen-bond acceptors (Lipinski definition) is 4. The first-order valence-electron chi connectivity index (χ1n) is 6.39.